The molecule has 0 aliphatic carbocycles. The van der Waals surface area contributed by atoms with Crippen LogP contribution in [0.3, 0.4) is 0 Å². The first-order chi connectivity index (χ1) is 28.2. The number of fused-ring (bicyclic) bond motifs is 6. The molecule has 268 valence electrons. The zero-order valence-electron chi connectivity index (χ0n) is 31.0. The van der Waals surface area contributed by atoms with E-state index in [0.717, 1.165) is 17.1 Å². The van der Waals surface area contributed by atoms with Gasteiger partial charge in [-0.1, -0.05) is 140 Å². The molecule has 0 N–H and O–H groups in total. The largest absolute Gasteiger partial charge is 0.311 e. The lowest BCUT2D eigenvalue weighted by Gasteiger charge is -2.26. The molecule has 0 saturated carbocycles. The van der Waals surface area contributed by atoms with E-state index in [4.69, 9.17) is 0 Å². The van der Waals surface area contributed by atoms with Gasteiger partial charge in [-0.05, 0) is 117 Å². The Morgan fingerprint density at radius 3 is 0.947 bits per heavy atom. The van der Waals surface area contributed by atoms with E-state index in [9.17, 15) is 0 Å². The van der Waals surface area contributed by atoms with Crippen LogP contribution in [0.25, 0.3) is 84.9 Å². The van der Waals surface area contributed by atoms with Crippen LogP contribution in [0.5, 0.6) is 0 Å². The van der Waals surface area contributed by atoms with Crippen LogP contribution >= 0.6 is 22.7 Å². The second-order valence-corrected chi connectivity index (χ2v) is 16.7. The standard InChI is InChI=1S/C54H35NS2/c1-2-8-36(9-3-1)37-14-16-38(17-15-37)39-18-26-44(27-19-39)55(45-28-20-40(21-29-45)42-24-32-53-49(34-42)47-10-4-6-12-51(47)56-53)46-30-22-41(23-31-46)43-25-33-54-50(35-43)48-11-5-7-13-52(48)57-54/h1-35H. The molecule has 0 aliphatic rings. The van der Waals surface area contributed by atoms with Crippen LogP contribution in [0.4, 0.5) is 17.1 Å². The smallest absolute Gasteiger partial charge is 0.0462 e. The zero-order chi connectivity index (χ0) is 37.7. The van der Waals surface area contributed by atoms with Gasteiger partial charge in [0.25, 0.3) is 0 Å². The summed E-state index contributed by atoms with van der Waals surface area (Å²) in [6.45, 7) is 0. The third-order valence-corrected chi connectivity index (χ3v) is 13.4. The number of benzene rings is 9. The lowest BCUT2D eigenvalue weighted by atomic mass is 9.99. The summed E-state index contributed by atoms with van der Waals surface area (Å²) in [6, 6.07) is 77.6. The maximum Gasteiger partial charge on any atom is 0.0462 e. The summed E-state index contributed by atoms with van der Waals surface area (Å²) in [5.41, 5.74) is 13.0. The first kappa shape index (κ1) is 33.5. The highest BCUT2D eigenvalue weighted by molar-refractivity contribution is 7.26. The van der Waals surface area contributed by atoms with E-state index >= 15 is 0 Å². The fourth-order valence-corrected chi connectivity index (χ4v) is 10.3. The number of hydrogen-bond donors (Lipinski definition) is 0. The third kappa shape index (κ3) is 6.18. The Kier molecular flexibility index (Phi) is 8.28. The lowest BCUT2D eigenvalue weighted by molar-refractivity contribution is 1.28. The Bertz CT molecular complexity index is 3040. The molecular weight excluding hydrogens is 727 g/mol. The number of rotatable bonds is 7. The van der Waals surface area contributed by atoms with Gasteiger partial charge in [-0.25, -0.2) is 0 Å². The van der Waals surface area contributed by atoms with E-state index in [1.54, 1.807) is 0 Å². The van der Waals surface area contributed by atoms with Crippen LogP contribution in [0.15, 0.2) is 212 Å². The highest BCUT2D eigenvalue weighted by atomic mass is 32.1. The van der Waals surface area contributed by atoms with E-state index in [0.29, 0.717) is 0 Å². The summed E-state index contributed by atoms with van der Waals surface area (Å²) < 4.78 is 5.31. The highest BCUT2D eigenvalue weighted by Crippen LogP contribution is 2.41. The fraction of sp³-hybridized carbons (Fsp3) is 0. The highest BCUT2D eigenvalue weighted by Gasteiger charge is 2.15. The van der Waals surface area contributed by atoms with Gasteiger partial charge in [0, 0.05) is 57.4 Å². The fourth-order valence-electron chi connectivity index (χ4n) is 8.15. The van der Waals surface area contributed by atoms with E-state index in [2.05, 4.69) is 217 Å². The van der Waals surface area contributed by atoms with Crippen LogP contribution in [0.1, 0.15) is 0 Å². The number of nitrogens with zero attached hydrogens (tertiary/aromatic N) is 1. The van der Waals surface area contributed by atoms with E-state index in [-0.39, 0.29) is 0 Å². The first-order valence-electron chi connectivity index (χ1n) is 19.3. The van der Waals surface area contributed by atoms with Crippen molar-refractivity contribution in [1.82, 2.24) is 0 Å². The van der Waals surface area contributed by atoms with Crippen LogP contribution in [0, 0.1) is 0 Å². The monoisotopic (exact) mass is 761 g/mol. The second-order valence-electron chi connectivity index (χ2n) is 14.5. The molecule has 0 amide bonds. The van der Waals surface area contributed by atoms with E-state index < -0.39 is 0 Å². The van der Waals surface area contributed by atoms with Gasteiger partial charge in [-0.3, -0.25) is 0 Å². The molecule has 11 rings (SSSR count). The second kappa shape index (κ2) is 14.1. The minimum Gasteiger partial charge on any atom is -0.311 e. The quantitative estimate of drug-likeness (QED) is 0.156. The van der Waals surface area contributed by atoms with E-state index in [1.165, 1.54) is 84.9 Å². The maximum absolute atomic E-state index is 2.36. The first-order valence-corrected chi connectivity index (χ1v) is 20.9. The topological polar surface area (TPSA) is 3.24 Å². The molecule has 0 radical (unpaired) electrons. The minimum absolute atomic E-state index is 1.11. The molecule has 2 heterocycles. The van der Waals surface area contributed by atoms with Gasteiger partial charge in [0.05, 0.1) is 0 Å². The molecule has 0 saturated heterocycles. The Labute approximate surface area is 340 Å². The summed E-state index contributed by atoms with van der Waals surface area (Å²) in [5, 5.41) is 5.29. The molecule has 0 aliphatic heterocycles. The molecule has 57 heavy (non-hydrogen) atoms. The van der Waals surface area contributed by atoms with Crippen LogP contribution in [-0.2, 0) is 0 Å². The van der Waals surface area contributed by atoms with Crippen molar-refractivity contribution >= 4 is 80.1 Å². The Morgan fingerprint density at radius 2 is 0.526 bits per heavy atom. The van der Waals surface area contributed by atoms with Crippen molar-refractivity contribution in [2.45, 2.75) is 0 Å². The van der Waals surface area contributed by atoms with Crippen LogP contribution < -0.4 is 4.90 Å². The number of hydrogen-bond acceptors (Lipinski definition) is 3. The van der Waals surface area contributed by atoms with Gasteiger partial charge in [-0.15, -0.1) is 22.7 Å². The molecule has 3 heteroatoms. The predicted octanol–water partition coefficient (Wildman–Crippen LogP) is 16.6. The lowest BCUT2D eigenvalue weighted by Crippen LogP contribution is -2.09. The predicted molar refractivity (Wildman–Crippen MR) is 249 cm³/mol. The maximum atomic E-state index is 2.36. The molecule has 1 nitrogen and oxygen atoms in total. The summed E-state index contributed by atoms with van der Waals surface area (Å²) in [5.74, 6) is 0. The molecule has 0 atom stereocenters. The van der Waals surface area contributed by atoms with Gasteiger partial charge in [0.15, 0.2) is 0 Å². The molecule has 0 bridgehead atoms. The van der Waals surface area contributed by atoms with Crippen LogP contribution in [0.2, 0.25) is 0 Å². The molecule has 9 aromatic carbocycles. The van der Waals surface area contributed by atoms with Gasteiger partial charge < -0.3 is 4.90 Å². The van der Waals surface area contributed by atoms with Crippen LogP contribution in [-0.4, -0.2) is 0 Å². The average molecular weight is 762 g/mol. The third-order valence-electron chi connectivity index (χ3n) is 11.1. The SMILES string of the molecule is c1ccc(-c2ccc(-c3ccc(N(c4ccc(-c5ccc6sc7ccccc7c6c5)cc4)c4ccc(-c5ccc6sc7ccccc7c6c5)cc4)cc3)cc2)cc1. The number of thiophene rings is 2. The summed E-state index contributed by atoms with van der Waals surface area (Å²) >= 11 is 3.72. The molecule has 11 aromatic rings. The molecule has 2 aromatic heterocycles. The van der Waals surface area contributed by atoms with Gasteiger partial charge in [0.1, 0.15) is 0 Å². The van der Waals surface area contributed by atoms with Crippen molar-refractivity contribution in [3.63, 3.8) is 0 Å². The number of anilines is 3. The zero-order valence-corrected chi connectivity index (χ0v) is 32.6. The van der Waals surface area contributed by atoms with Crippen molar-refractivity contribution < 1.29 is 0 Å². The van der Waals surface area contributed by atoms with Crippen molar-refractivity contribution in [3.05, 3.63) is 212 Å². The summed E-state index contributed by atoms with van der Waals surface area (Å²) in [4.78, 5) is 2.36. The Hall–Kier alpha value is -6.78. The summed E-state index contributed by atoms with van der Waals surface area (Å²) in [7, 11) is 0. The molecular formula is C54H35NS2. The van der Waals surface area contributed by atoms with Gasteiger partial charge in [0.2, 0.25) is 0 Å². The summed E-state index contributed by atoms with van der Waals surface area (Å²) in [6.07, 6.45) is 0. The Morgan fingerprint density at radius 1 is 0.228 bits per heavy atom. The molecule has 0 fully saturated rings. The average Bonchev–Trinajstić information content (AvgIpc) is 3.85. The van der Waals surface area contributed by atoms with Crippen molar-refractivity contribution in [2.75, 3.05) is 4.90 Å². The Balaban J connectivity index is 0.948. The van der Waals surface area contributed by atoms with Crippen molar-refractivity contribution in [2.24, 2.45) is 0 Å². The van der Waals surface area contributed by atoms with Gasteiger partial charge >= 0.3 is 0 Å². The van der Waals surface area contributed by atoms with Crippen molar-refractivity contribution in [1.29, 1.82) is 0 Å². The van der Waals surface area contributed by atoms with E-state index in [1.807, 2.05) is 22.7 Å². The molecule has 0 spiro atoms. The normalized spacial score (nSPS) is 11.5. The van der Waals surface area contributed by atoms with Crippen molar-refractivity contribution in [3.8, 4) is 44.5 Å². The molecule has 0 unspecified atom stereocenters. The van der Waals surface area contributed by atoms with Gasteiger partial charge in [-0.2, -0.15) is 0 Å². The minimum atomic E-state index is 1.11.